The SMILES string of the molecule is COc1ccc(N2C(=O)[C@@H]3[C@H]4C=C[C@H]([C@H]5C[C@H]45)[C@@H]3C2=O)c([N+](=O)[O-])c1. The Morgan fingerprint density at radius 1 is 1.12 bits per heavy atom. The minimum Gasteiger partial charge on any atom is -0.496 e. The molecule has 128 valence electrons. The molecule has 4 aliphatic carbocycles. The predicted octanol–water partition coefficient (Wildman–Crippen LogP) is 2.16. The minimum absolute atomic E-state index is 0.0447. The number of allylic oxidation sites excluding steroid dienone is 2. The molecule has 7 heteroatoms. The van der Waals surface area contributed by atoms with Crippen LogP contribution in [0.5, 0.6) is 5.75 Å². The lowest BCUT2D eigenvalue weighted by Crippen LogP contribution is -2.40. The number of carbonyl (C=O) groups is 2. The summed E-state index contributed by atoms with van der Waals surface area (Å²) in [4.78, 5) is 38.0. The molecule has 7 nitrogen and oxygen atoms in total. The van der Waals surface area contributed by atoms with Crippen molar-refractivity contribution >= 4 is 23.2 Å². The molecule has 6 rings (SSSR count). The summed E-state index contributed by atoms with van der Waals surface area (Å²) in [6.45, 7) is 0. The van der Waals surface area contributed by atoms with E-state index < -0.39 is 4.92 Å². The van der Waals surface area contributed by atoms with Crippen LogP contribution in [-0.4, -0.2) is 23.8 Å². The number of nitro benzene ring substituents is 1. The van der Waals surface area contributed by atoms with Crippen molar-refractivity contribution in [1.82, 2.24) is 0 Å². The summed E-state index contributed by atoms with van der Waals surface area (Å²) in [5.74, 6) is 0.173. The van der Waals surface area contributed by atoms with Crippen LogP contribution in [0.2, 0.25) is 0 Å². The van der Waals surface area contributed by atoms with E-state index in [-0.39, 0.29) is 46.9 Å². The van der Waals surface area contributed by atoms with Crippen LogP contribution in [-0.2, 0) is 9.59 Å². The number of hydrogen-bond acceptors (Lipinski definition) is 5. The molecular weight excluding hydrogens is 324 g/mol. The topological polar surface area (TPSA) is 89.8 Å². The van der Waals surface area contributed by atoms with Crippen molar-refractivity contribution < 1.29 is 19.2 Å². The maximum atomic E-state index is 13.1. The summed E-state index contributed by atoms with van der Waals surface area (Å²) in [7, 11) is 1.41. The van der Waals surface area contributed by atoms with Crippen LogP contribution < -0.4 is 9.64 Å². The first-order valence-electron chi connectivity index (χ1n) is 8.41. The van der Waals surface area contributed by atoms with Crippen molar-refractivity contribution in [3.05, 3.63) is 40.5 Å². The van der Waals surface area contributed by atoms with Gasteiger partial charge in [-0.25, -0.2) is 4.90 Å². The molecule has 1 aromatic carbocycles. The van der Waals surface area contributed by atoms with Gasteiger partial charge in [0.15, 0.2) is 0 Å². The van der Waals surface area contributed by atoms with Crippen LogP contribution in [0, 0.1) is 45.6 Å². The zero-order valence-corrected chi connectivity index (χ0v) is 13.5. The van der Waals surface area contributed by atoms with E-state index in [0.717, 1.165) is 11.3 Å². The van der Waals surface area contributed by atoms with Crippen molar-refractivity contribution in [3.8, 4) is 5.75 Å². The van der Waals surface area contributed by atoms with E-state index in [1.54, 1.807) is 0 Å². The molecule has 1 saturated heterocycles. The molecule has 0 spiro atoms. The van der Waals surface area contributed by atoms with E-state index in [0.29, 0.717) is 17.6 Å². The molecule has 0 aromatic heterocycles. The number of nitro groups is 1. The van der Waals surface area contributed by atoms with Crippen molar-refractivity contribution in [2.75, 3.05) is 12.0 Å². The molecular formula is C18H16N2O5. The van der Waals surface area contributed by atoms with Gasteiger partial charge in [-0.2, -0.15) is 0 Å². The summed E-state index contributed by atoms with van der Waals surface area (Å²) in [5.41, 5.74) is -0.242. The van der Waals surface area contributed by atoms with E-state index in [1.165, 1.54) is 25.3 Å². The Morgan fingerprint density at radius 2 is 1.72 bits per heavy atom. The molecule has 1 heterocycles. The summed E-state index contributed by atoms with van der Waals surface area (Å²) >= 11 is 0. The fourth-order valence-electron chi connectivity index (χ4n) is 5.16. The predicted molar refractivity (Wildman–Crippen MR) is 86.8 cm³/mol. The van der Waals surface area contributed by atoms with Gasteiger partial charge in [-0.15, -0.1) is 0 Å². The second-order valence-corrected chi connectivity index (χ2v) is 7.28. The smallest absolute Gasteiger partial charge is 0.297 e. The largest absolute Gasteiger partial charge is 0.496 e. The number of rotatable bonds is 3. The molecule has 2 bridgehead atoms. The zero-order chi connectivity index (χ0) is 17.5. The van der Waals surface area contributed by atoms with Gasteiger partial charge < -0.3 is 4.74 Å². The third-order valence-electron chi connectivity index (χ3n) is 6.28. The van der Waals surface area contributed by atoms with Crippen LogP contribution in [0.15, 0.2) is 30.4 Å². The number of hydrogen-bond donors (Lipinski definition) is 0. The molecule has 5 aliphatic rings. The van der Waals surface area contributed by atoms with Crippen molar-refractivity contribution in [2.45, 2.75) is 6.42 Å². The molecule has 2 amide bonds. The van der Waals surface area contributed by atoms with E-state index in [4.69, 9.17) is 4.74 Å². The van der Waals surface area contributed by atoms with Gasteiger partial charge in [-0.3, -0.25) is 19.7 Å². The zero-order valence-electron chi connectivity index (χ0n) is 13.5. The Hall–Kier alpha value is -2.70. The highest BCUT2D eigenvalue weighted by atomic mass is 16.6. The molecule has 0 N–H and O–H groups in total. The van der Waals surface area contributed by atoms with Crippen molar-refractivity contribution in [3.63, 3.8) is 0 Å². The summed E-state index contributed by atoms with van der Waals surface area (Å²) < 4.78 is 5.03. The Labute approximate surface area is 143 Å². The lowest BCUT2D eigenvalue weighted by Gasteiger charge is -2.37. The molecule has 2 saturated carbocycles. The molecule has 0 radical (unpaired) electrons. The van der Waals surface area contributed by atoms with Crippen LogP contribution in [0.4, 0.5) is 11.4 Å². The Bertz CT molecular complexity index is 827. The molecule has 6 atom stereocenters. The average molecular weight is 340 g/mol. The second-order valence-electron chi connectivity index (χ2n) is 7.28. The van der Waals surface area contributed by atoms with Crippen LogP contribution in [0.3, 0.4) is 0 Å². The fraction of sp³-hybridized carbons (Fsp3) is 0.444. The van der Waals surface area contributed by atoms with E-state index in [9.17, 15) is 19.7 Å². The number of imide groups is 1. The van der Waals surface area contributed by atoms with E-state index in [1.807, 2.05) is 0 Å². The van der Waals surface area contributed by atoms with Gasteiger partial charge in [-0.1, -0.05) is 12.2 Å². The highest BCUT2D eigenvalue weighted by Crippen LogP contribution is 2.65. The molecule has 3 fully saturated rings. The highest BCUT2D eigenvalue weighted by molar-refractivity contribution is 6.23. The summed E-state index contributed by atoms with van der Waals surface area (Å²) in [6.07, 6.45) is 5.24. The van der Waals surface area contributed by atoms with Crippen molar-refractivity contribution in [2.24, 2.45) is 35.5 Å². The van der Waals surface area contributed by atoms with Gasteiger partial charge in [0.25, 0.3) is 5.69 Å². The normalized spacial score (nSPS) is 37.1. The maximum absolute atomic E-state index is 13.1. The number of ether oxygens (including phenoxy) is 1. The minimum atomic E-state index is -0.579. The molecule has 0 unspecified atom stereocenters. The molecule has 25 heavy (non-hydrogen) atoms. The standard InChI is InChI=1S/C18H16N2O5/c1-25-8-2-5-13(14(6-8)20(23)24)19-17(21)15-9-3-4-10(12-7-11(9)12)16(15)18(19)22/h2-6,9-12,15-16H,7H2,1H3/t9-,10+,11-,12-,15+,16-/m1/s1. The van der Waals surface area contributed by atoms with Gasteiger partial charge in [0.1, 0.15) is 11.4 Å². The Morgan fingerprint density at radius 3 is 2.24 bits per heavy atom. The third kappa shape index (κ3) is 1.75. The Kier molecular flexibility index (Phi) is 2.74. The number of methoxy groups -OCH3 is 1. The van der Waals surface area contributed by atoms with Crippen LogP contribution in [0.1, 0.15) is 6.42 Å². The van der Waals surface area contributed by atoms with Gasteiger partial charge in [0.05, 0.1) is 29.9 Å². The summed E-state index contributed by atoms with van der Waals surface area (Å²) in [5, 5.41) is 11.5. The van der Waals surface area contributed by atoms with Crippen molar-refractivity contribution in [1.29, 1.82) is 0 Å². The highest BCUT2D eigenvalue weighted by Gasteiger charge is 2.67. The third-order valence-corrected chi connectivity index (χ3v) is 6.28. The fourth-order valence-corrected chi connectivity index (χ4v) is 5.16. The average Bonchev–Trinajstić information content (AvgIpc) is 3.39. The van der Waals surface area contributed by atoms with Gasteiger partial charge in [-0.05, 0) is 42.2 Å². The molecule has 1 aliphatic heterocycles. The number of carbonyl (C=O) groups excluding carboxylic acids is 2. The number of amides is 2. The van der Waals surface area contributed by atoms with Crippen LogP contribution >= 0.6 is 0 Å². The number of anilines is 1. The van der Waals surface area contributed by atoms with Gasteiger partial charge in [0, 0.05) is 0 Å². The van der Waals surface area contributed by atoms with Gasteiger partial charge in [0.2, 0.25) is 11.8 Å². The van der Waals surface area contributed by atoms with E-state index >= 15 is 0 Å². The Balaban J connectivity index is 1.60. The number of nitrogens with zero attached hydrogens (tertiary/aromatic N) is 2. The lowest BCUT2D eigenvalue weighted by molar-refractivity contribution is -0.384. The number of benzene rings is 1. The maximum Gasteiger partial charge on any atom is 0.297 e. The lowest BCUT2D eigenvalue weighted by atomic mass is 9.63. The van der Waals surface area contributed by atoms with E-state index in [2.05, 4.69) is 12.2 Å². The second kappa shape index (κ2) is 4.68. The molecule has 1 aromatic rings. The first-order chi connectivity index (χ1) is 12.0. The first kappa shape index (κ1) is 14.6. The summed E-state index contributed by atoms with van der Waals surface area (Å²) in [6, 6.07) is 4.22. The van der Waals surface area contributed by atoms with Crippen LogP contribution in [0.25, 0.3) is 0 Å². The quantitative estimate of drug-likeness (QED) is 0.364. The monoisotopic (exact) mass is 340 g/mol. The van der Waals surface area contributed by atoms with Gasteiger partial charge >= 0.3 is 0 Å². The first-order valence-corrected chi connectivity index (χ1v) is 8.41.